The van der Waals surface area contributed by atoms with E-state index in [1.807, 2.05) is 26.1 Å². The van der Waals surface area contributed by atoms with Gasteiger partial charge in [0.25, 0.3) is 0 Å². The molecule has 0 spiro atoms. The van der Waals surface area contributed by atoms with Gasteiger partial charge in [0, 0.05) is 43.6 Å². The molecule has 18 heavy (non-hydrogen) atoms. The third-order valence-corrected chi connectivity index (χ3v) is 3.10. The first-order valence-electron chi connectivity index (χ1n) is 6.46. The molecule has 0 aliphatic carbocycles. The molecule has 1 aromatic carbocycles. The summed E-state index contributed by atoms with van der Waals surface area (Å²) in [7, 11) is 2.00. The Hall–Kier alpha value is -1.26. The fourth-order valence-electron chi connectivity index (χ4n) is 1.92. The number of hydrogen-bond acceptors (Lipinski definition) is 4. The fraction of sp³-hybridized carbons (Fsp3) is 0.571. The van der Waals surface area contributed by atoms with Crippen LogP contribution in [0, 0.1) is 0 Å². The smallest absolute Gasteiger partial charge is 0.122 e. The molecule has 1 atom stereocenters. The monoisotopic (exact) mass is 252 g/mol. The fourth-order valence-corrected chi connectivity index (χ4v) is 1.92. The highest BCUT2D eigenvalue weighted by atomic mass is 16.3. The Morgan fingerprint density at radius 1 is 1.28 bits per heavy atom. The zero-order chi connectivity index (χ0) is 13.5. The van der Waals surface area contributed by atoms with Crippen molar-refractivity contribution in [2.45, 2.75) is 32.2 Å². The van der Waals surface area contributed by atoms with Crippen LogP contribution in [0.4, 0.5) is 5.69 Å². The van der Waals surface area contributed by atoms with Crippen molar-refractivity contribution in [1.29, 1.82) is 0 Å². The van der Waals surface area contributed by atoms with Crippen LogP contribution in [0.2, 0.25) is 0 Å². The van der Waals surface area contributed by atoms with Gasteiger partial charge in [-0.2, -0.15) is 0 Å². The molecule has 4 N–H and O–H groups in total. The molecule has 0 aromatic heterocycles. The third kappa shape index (κ3) is 4.20. The van der Waals surface area contributed by atoms with Crippen molar-refractivity contribution >= 4 is 5.69 Å². The highest BCUT2D eigenvalue weighted by molar-refractivity contribution is 5.53. The number of nitrogens with zero attached hydrogens (tertiary/aromatic N) is 1. The van der Waals surface area contributed by atoms with Crippen LogP contribution < -0.4 is 10.6 Å². The van der Waals surface area contributed by atoms with Crippen molar-refractivity contribution in [2.24, 2.45) is 5.73 Å². The quantitative estimate of drug-likeness (QED) is 0.649. The van der Waals surface area contributed by atoms with E-state index in [1.165, 1.54) is 0 Å². The average Bonchev–Trinajstić information content (AvgIpc) is 2.33. The van der Waals surface area contributed by atoms with E-state index in [2.05, 4.69) is 4.90 Å². The Morgan fingerprint density at radius 2 is 2.00 bits per heavy atom. The SMILES string of the molecule is CC(N)c1ccc(N(C)CCCCCO)cc1O. The number of aliphatic hydroxyl groups is 1. The average molecular weight is 252 g/mol. The molecule has 0 bridgehead atoms. The van der Waals surface area contributed by atoms with Gasteiger partial charge in [-0.1, -0.05) is 6.07 Å². The number of benzene rings is 1. The first kappa shape index (κ1) is 14.8. The largest absolute Gasteiger partial charge is 0.508 e. The lowest BCUT2D eigenvalue weighted by atomic mass is 10.1. The molecule has 0 amide bonds. The lowest BCUT2D eigenvalue weighted by Gasteiger charge is -2.20. The van der Waals surface area contributed by atoms with Crippen LogP contribution in [-0.2, 0) is 0 Å². The van der Waals surface area contributed by atoms with Crippen molar-refractivity contribution in [3.05, 3.63) is 23.8 Å². The minimum Gasteiger partial charge on any atom is -0.508 e. The summed E-state index contributed by atoms with van der Waals surface area (Å²) in [5.74, 6) is 0.254. The summed E-state index contributed by atoms with van der Waals surface area (Å²) >= 11 is 0. The number of hydrogen-bond donors (Lipinski definition) is 3. The first-order chi connectivity index (χ1) is 8.56. The molecule has 0 aliphatic heterocycles. The predicted molar refractivity (Wildman–Crippen MR) is 74.9 cm³/mol. The topological polar surface area (TPSA) is 69.7 Å². The molecule has 0 saturated carbocycles. The molecule has 4 nitrogen and oxygen atoms in total. The molecular formula is C14H24N2O2. The zero-order valence-electron chi connectivity index (χ0n) is 11.3. The van der Waals surface area contributed by atoms with Gasteiger partial charge >= 0.3 is 0 Å². The second-order valence-electron chi connectivity index (χ2n) is 4.74. The van der Waals surface area contributed by atoms with Gasteiger partial charge in [0.2, 0.25) is 0 Å². The minimum absolute atomic E-state index is 0.158. The van der Waals surface area contributed by atoms with Crippen LogP contribution in [0.25, 0.3) is 0 Å². The summed E-state index contributed by atoms with van der Waals surface area (Å²) in [6.45, 7) is 3.03. The lowest BCUT2D eigenvalue weighted by molar-refractivity contribution is 0.283. The maximum Gasteiger partial charge on any atom is 0.122 e. The van der Waals surface area contributed by atoms with Crippen molar-refractivity contribution in [3.8, 4) is 5.75 Å². The Kier molecular flexibility index (Phi) is 5.95. The van der Waals surface area contributed by atoms with Gasteiger partial charge in [0.15, 0.2) is 0 Å². The molecule has 0 saturated heterocycles. The summed E-state index contributed by atoms with van der Waals surface area (Å²) < 4.78 is 0. The molecule has 4 heteroatoms. The van der Waals surface area contributed by atoms with E-state index >= 15 is 0 Å². The number of phenols is 1. The molecule has 0 fully saturated rings. The summed E-state index contributed by atoms with van der Waals surface area (Å²) in [4.78, 5) is 2.10. The second-order valence-corrected chi connectivity index (χ2v) is 4.74. The number of phenolic OH excluding ortho intramolecular Hbond substituents is 1. The number of anilines is 1. The number of rotatable bonds is 7. The first-order valence-corrected chi connectivity index (χ1v) is 6.46. The van der Waals surface area contributed by atoms with Crippen LogP contribution in [0.3, 0.4) is 0 Å². The molecule has 1 rings (SSSR count). The number of aromatic hydroxyl groups is 1. The van der Waals surface area contributed by atoms with Gasteiger partial charge in [-0.15, -0.1) is 0 Å². The Labute approximate surface area is 109 Å². The summed E-state index contributed by atoms with van der Waals surface area (Å²) in [6.07, 6.45) is 2.90. The van der Waals surface area contributed by atoms with Gasteiger partial charge in [-0.25, -0.2) is 0 Å². The second kappa shape index (κ2) is 7.24. The highest BCUT2D eigenvalue weighted by Crippen LogP contribution is 2.27. The minimum atomic E-state index is -0.158. The van der Waals surface area contributed by atoms with Crippen LogP contribution in [0.1, 0.15) is 37.8 Å². The molecule has 1 aromatic rings. The molecular weight excluding hydrogens is 228 g/mol. The molecule has 102 valence electrons. The van der Waals surface area contributed by atoms with E-state index in [4.69, 9.17) is 10.8 Å². The number of nitrogens with two attached hydrogens (primary N) is 1. The number of unbranched alkanes of at least 4 members (excludes halogenated alkanes) is 2. The summed E-state index contributed by atoms with van der Waals surface area (Å²) in [6, 6.07) is 5.45. The van der Waals surface area contributed by atoms with Crippen molar-refractivity contribution < 1.29 is 10.2 Å². The third-order valence-electron chi connectivity index (χ3n) is 3.10. The highest BCUT2D eigenvalue weighted by Gasteiger charge is 2.08. The zero-order valence-corrected chi connectivity index (χ0v) is 11.3. The van der Waals surface area contributed by atoms with Crippen LogP contribution in [0.5, 0.6) is 5.75 Å². The Bertz CT molecular complexity index is 367. The predicted octanol–water partition coefficient (Wildman–Crippen LogP) is 2.01. The Balaban J connectivity index is 2.58. The maximum atomic E-state index is 9.88. The van der Waals surface area contributed by atoms with Crippen molar-refractivity contribution in [3.63, 3.8) is 0 Å². The molecule has 1 unspecified atom stereocenters. The van der Waals surface area contributed by atoms with Crippen LogP contribution >= 0.6 is 0 Å². The van der Waals surface area contributed by atoms with E-state index in [9.17, 15) is 5.11 Å². The van der Waals surface area contributed by atoms with Gasteiger partial charge in [0.05, 0.1) is 0 Å². The van der Waals surface area contributed by atoms with E-state index in [-0.39, 0.29) is 18.4 Å². The molecule has 0 radical (unpaired) electrons. The summed E-state index contributed by atoms with van der Waals surface area (Å²) in [5.41, 5.74) is 7.51. The Morgan fingerprint density at radius 3 is 2.56 bits per heavy atom. The van der Waals surface area contributed by atoms with Gasteiger partial charge in [-0.05, 0) is 32.3 Å². The number of aliphatic hydroxyl groups excluding tert-OH is 1. The maximum absolute atomic E-state index is 9.88. The lowest BCUT2D eigenvalue weighted by Crippen LogP contribution is -2.18. The molecule has 0 heterocycles. The van der Waals surface area contributed by atoms with Crippen LogP contribution in [-0.4, -0.2) is 30.4 Å². The van der Waals surface area contributed by atoms with E-state index in [1.54, 1.807) is 6.07 Å². The van der Waals surface area contributed by atoms with E-state index < -0.39 is 0 Å². The van der Waals surface area contributed by atoms with Gasteiger partial charge in [0.1, 0.15) is 5.75 Å². The van der Waals surface area contributed by atoms with Crippen LogP contribution in [0.15, 0.2) is 18.2 Å². The van der Waals surface area contributed by atoms with Gasteiger partial charge in [-0.3, -0.25) is 0 Å². The standard InChI is InChI=1S/C14H24N2O2/c1-11(15)13-7-6-12(10-14(13)18)16(2)8-4-3-5-9-17/h6-7,10-11,17-18H,3-5,8-9,15H2,1-2H3. The summed E-state index contributed by atoms with van der Waals surface area (Å²) in [5, 5.41) is 18.6. The van der Waals surface area contributed by atoms with Crippen molar-refractivity contribution in [2.75, 3.05) is 25.1 Å². The molecule has 0 aliphatic rings. The van der Waals surface area contributed by atoms with Crippen molar-refractivity contribution in [1.82, 2.24) is 0 Å². The van der Waals surface area contributed by atoms with E-state index in [0.29, 0.717) is 0 Å². The van der Waals surface area contributed by atoms with E-state index in [0.717, 1.165) is 37.1 Å². The van der Waals surface area contributed by atoms with Gasteiger partial charge < -0.3 is 20.8 Å². The normalized spacial score (nSPS) is 12.4.